The first-order valence-electron chi connectivity index (χ1n) is 6.69. The van der Waals surface area contributed by atoms with E-state index in [0.29, 0.717) is 11.3 Å². The molecule has 104 valence electrons. The van der Waals surface area contributed by atoms with Gasteiger partial charge < -0.3 is 10.2 Å². The van der Waals surface area contributed by atoms with E-state index in [4.69, 9.17) is 5.11 Å². The maximum atomic E-state index is 11.0. The second-order valence-electron chi connectivity index (χ2n) is 5.15. The Morgan fingerprint density at radius 2 is 2.05 bits per heavy atom. The zero-order chi connectivity index (χ0) is 14.3. The number of hydrogen-bond acceptors (Lipinski definition) is 3. The van der Waals surface area contributed by atoms with Crippen LogP contribution < -0.4 is 0 Å². The Kier molecular flexibility index (Phi) is 2.97. The molecular weight excluding hydrogens is 256 g/mol. The van der Waals surface area contributed by atoms with E-state index in [1.165, 1.54) is 16.3 Å². The lowest BCUT2D eigenvalue weighted by Gasteiger charge is -2.19. The molecule has 0 saturated heterocycles. The molecule has 1 aromatic carbocycles. The summed E-state index contributed by atoms with van der Waals surface area (Å²) < 4.78 is 1.49. The summed E-state index contributed by atoms with van der Waals surface area (Å²) in [6.45, 7) is 0. The van der Waals surface area contributed by atoms with Crippen molar-refractivity contribution in [3.8, 4) is 17.0 Å². The number of carboxylic acid groups (broad SMARTS) is 1. The number of aromatic hydroxyl groups is 1. The van der Waals surface area contributed by atoms with Crippen molar-refractivity contribution in [2.45, 2.75) is 25.7 Å². The third kappa shape index (κ3) is 1.95. The number of aromatic nitrogens is 2. The van der Waals surface area contributed by atoms with Crippen molar-refractivity contribution in [3.05, 3.63) is 35.0 Å². The first-order chi connectivity index (χ1) is 9.58. The van der Waals surface area contributed by atoms with Gasteiger partial charge >= 0.3 is 5.97 Å². The highest BCUT2D eigenvalue weighted by Gasteiger charge is 2.20. The van der Waals surface area contributed by atoms with Gasteiger partial charge in [-0.3, -0.25) is 4.68 Å². The normalized spacial score (nSPS) is 14.1. The molecule has 20 heavy (non-hydrogen) atoms. The molecule has 3 rings (SSSR count). The van der Waals surface area contributed by atoms with E-state index in [2.05, 4.69) is 5.10 Å². The van der Waals surface area contributed by atoms with Crippen LogP contribution in [0.25, 0.3) is 11.3 Å². The van der Waals surface area contributed by atoms with Crippen LogP contribution in [0.4, 0.5) is 0 Å². The van der Waals surface area contributed by atoms with Gasteiger partial charge in [-0.2, -0.15) is 5.10 Å². The number of aromatic carboxylic acids is 1. The van der Waals surface area contributed by atoms with Gasteiger partial charge in [0.05, 0.1) is 5.69 Å². The molecule has 0 spiro atoms. The molecule has 0 saturated carbocycles. The lowest BCUT2D eigenvalue weighted by molar-refractivity contribution is 0.0689. The zero-order valence-corrected chi connectivity index (χ0v) is 11.3. The van der Waals surface area contributed by atoms with Crippen LogP contribution in [0.15, 0.2) is 18.2 Å². The highest BCUT2D eigenvalue weighted by atomic mass is 16.4. The summed E-state index contributed by atoms with van der Waals surface area (Å²) in [6.07, 6.45) is 4.10. The monoisotopic (exact) mass is 272 g/mol. The first-order valence-corrected chi connectivity index (χ1v) is 6.69. The molecular formula is C15H16N2O3. The predicted molar refractivity (Wildman–Crippen MR) is 73.9 cm³/mol. The fourth-order valence-corrected chi connectivity index (χ4v) is 2.84. The summed E-state index contributed by atoms with van der Waals surface area (Å²) in [6, 6.07) is 5.37. The Balaban J connectivity index is 2.13. The fourth-order valence-electron chi connectivity index (χ4n) is 2.84. The minimum atomic E-state index is -1.07. The molecule has 2 N–H and O–H groups in total. The number of aryl methyl sites for hydroxylation is 2. The maximum Gasteiger partial charge on any atom is 0.356 e. The average Bonchev–Trinajstić information content (AvgIpc) is 2.82. The Morgan fingerprint density at radius 3 is 2.75 bits per heavy atom. The SMILES string of the molecule is Cn1nc(C(=O)O)cc1-c1ccc2c(c1O)CCCC2. The second kappa shape index (κ2) is 4.67. The lowest BCUT2D eigenvalue weighted by Crippen LogP contribution is -2.04. The number of benzene rings is 1. The fraction of sp³-hybridized carbons (Fsp3) is 0.333. The van der Waals surface area contributed by atoms with Crippen LogP contribution in [0.2, 0.25) is 0 Å². The summed E-state index contributed by atoms with van der Waals surface area (Å²) in [7, 11) is 1.68. The number of rotatable bonds is 2. The van der Waals surface area contributed by atoms with E-state index in [-0.39, 0.29) is 11.4 Å². The van der Waals surface area contributed by atoms with Gasteiger partial charge in [0.15, 0.2) is 5.69 Å². The molecule has 0 radical (unpaired) electrons. The first kappa shape index (κ1) is 12.7. The minimum Gasteiger partial charge on any atom is -0.507 e. The van der Waals surface area contributed by atoms with E-state index in [1.54, 1.807) is 7.05 Å². The predicted octanol–water partition coefficient (Wildman–Crippen LogP) is 2.37. The molecule has 0 bridgehead atoms. The van der Waals surface area contributed by atoms with Gasteiger partial charge in [0, 0.05) is 12.6 Å². The van der Waals surface area contributed by atoms with Crippen LogP contribution in [0.3, 0.4) is 0 Å². The lowest BCUT2D eigenvalue weighted by atomic mass is 9.89. The van der Waals surface area contributed by atoms with Crippen LogP contribution in [0, 0.1) is 0 Å². The van der Waals surface area contributed by atoms with Crippen molar-refractivity contribution in [1.82, 2.24) is 9.78 Å². The van der Waals surface area contributed by atoms with Gasteiger partial charge in [-0.25, -0.2) is 4.79 Å². The Bertz CT molecular complexity index is 689. The van der Waals surface area contributed by atoms with Gasteiger partial charge in [0.25, 0.3) is 0 Å². The minimum absolute atomic E-state index is 0.0142. The number of fused-ring (bicyclic) bond motifs is 1. The van der Waals surface area contributed by atoms with Crippen LogP contribution in [-0.4, -0.2) is 26.0 Å². The molecule has 5 heteroatoms. The third-order valence-electron chi connectivity index (χ3n) is 3.88. The molecule has 0 atom stereocenters. The van der Waals surface area contributed by atoms with E-state index < -0.39 is 5.97 Å². The molecule has 1 aromatic heterocycles. The highest BCUT2D eigenvalue weighted by molar-refractivity contribution is 5.87. The molecule has 1 aliphatic carbocycles. The van der Waals surface area contributed by atoms with E-state index in [0.717, 1.165) is 31.2 Å². The molecule has 1 aliphatic rings. The second-order valence-corrected chi connectivity index (χ2v) is 5.15. The van der Waals surface area contributed by atoms with Crippen molar-refractivity contribution in [2.24, 2.45) is 7.05 Å². The molecule has 0 aliphatic heterocycles. The van der Waals surface area contributed by atoms with E-state index >= 15 is 0 Å². The van der Waals surface area contributed by atoms with Crippen molar-refractivity contribution >= 4 is 5.97 Å². The summed E-state index contributed by atoms with van der Waals surface area (Å²) in [4.78, 5) is 11.0. The van der Waals surface area contributed by atoms with Crippen molar-refractivity contribution in [1.29, 1.82) is 0 Å². The largest absolute Gasteiger partial charge is 0.507 e. The number of phenolic OH excluding ortho intramolecular Hbond substituents is 1. The summed E-state index contributed by atoms with van der Waals surface area (Å²) >= 11 is 0. The Morgan fingerprint density at radius 1 is 1.30 bits per heavy atom. The number of carboxylic acids is 1. The summed E-state index contributed by atoms with van der Waals surface area (Å²) in [5.74, 6) is -0.800. The van der Waals surface area contributed by atoms with Crippen molar-refractivity contribution < 1.29 is 15.0 Å². The molecule has 5 nitrogen and oxygen atoms in total. The third-order valence-corrected chi connectivity index (χ3v) is 3.88. The van der Waals surface area contributed by atoms with E-state index in [9.17, 15) is 9.90 Å². The molecule has 2 aromatic rings. The quantitative estimate of drug-likeness (QED) is 0.880. The number of nitrogens with zero attached hydrogens (tertiary/aromatic N) is 2. The van der Waals surface area contributed by atoms with Gasteiger partial charge in [0.2, 0.25) is 0 Å². The molecule has 0 fully saturated rings. The zero-order valence-electron chi connectivity index (χ0n) is 11.3. The molecule has 0 amide bonds. The van der Waals surface area contributed by atoms with Crippen LogP contribution in [0.5, 0.6) is 5.75 Å². The number of phenols is 1. The summed E-state index contributed by atoms with van der Waals surface area (Å²) in [5, 5.41) is 23.4. The summed E-state index contributed by atoms with van der Waals surface area (Å²) in [5.41, 5.74) is 3.44. The van der Waals surface area contributed by atoms with Gasteiger partial charge in [0.1, 0.15) is 5.75 Å². The highest BCUT2D eigenvalue weighted by Crippen LogP contribution is 2.37. The number of hydrogen-bond donors (Lipinski definition) is 2. The number of carbonyl (C=O) groups is 1. The van der Waals surface area contributed by atoms with Gasteiger partial charge in [-0.1, -0.05) is 6.07 Å². The van der Waals surface area contributed by atoms with Gasteiger partial charge in [-0.15, -0.1) is 0 Å². The Hall–Kier alpha value is -2.30. The Labute approximate surface area is 116 Å². The molecule has 1 heterocycles. The smallest absolute Gasteiger partial charge is 0.356 e. The van der Waals surface area contributed by atoms with Crippen molar-refractivity contribution in [3.63, 3.8) is 0 Å². The van der Waals surface area contributed by atoms with Gasteiger partial charge in [-0.05, 0) is 48.9 Å². The average molecular weight is 272 g/mol. The van der Waals surface area contributed by atoms with Crippen molar-refractivity contribution in [2.75, 3.05) is 0 Å². The van der Waals surface area contributed by atoms with Crippen LogP contribution >= 0.6 is 0 Å². The van der Waals surface area contributed by atoms with E-state index in [1.807, 2.05) is 12.1 Å². The molecule has 0 unspecified atom stereocenters. The van der Waals surface area contributed by atoms with Crippen LogP contribution in [0.1, 0.15) is 34.5 Å². The topological polar surface area (TPSA) is 75.4 Å². The van der Waals surface area contributed by atoms with Crippen LogP contribution in [-0.2, 0) is 19.9 Å². The standard InChI is InChI=1S/C15H16N2O3/c1-17-13(8-12(16-17)15(19)20)11-7-6-9-4-2-3-5-10(9)14(11)18/h6-8,18H,2-5H2,1H3,(H,19,20). The maximum absolute atomic E-state index is 11.0.